The minimum Gasteiger partial charge on any atom is -0.497 e. The van der Waals surface area contributed by atoms with Crippen molar-refractivity contribution >= 4 is 33.7 Å². The fraction of sp³-hybridized carbons (Fsp3) is 0.133. The summed E-state index contributed by atoms with van der Waals surface area (Å²) in [5, 5.41) is 14.1. The molecule has 0 bridgehead atoms. The number of amides is 1. The number of methoxy groups -OCH3 is 1. The third-order valence-electron chi connectivity index (χ3n) is 2.92. The maximum atomic E-state index is 11.9. The number of rotatable bonds is 5. The second kappa shape index (κ2) is 6.67. The SMILES string of the molecule is COc1ccc(-c2nnc(NC(=O)Cc3cccs3)s2)cc1. The van der Waals surface area contributed by atoms with Crippen LogP contribution in [0, 0.1) is 0 Å². The predicted molar refractivity (Wildman–Crippen MR) is 88.5 cm³/mol. The van der Waals surface area contributed by atoms with Gasteiger partial charge in [0.2, 0.25) is 11.0 Å². The van der Waals surface area contributed by atoms with Crippen molar-refractivity contribution in [2.75, 3.05) is 12.4 Å². The molecular weight excluding hydrogens is 318 g/mol. The summed E-state index contributed by atoms with van der Waals surface area (Å²) < 4.78 is 5.12. The summed E-state index contributed by atoms with van der Waals surface area (Å²) in [5.41, 5.74) is 0.942. The van der Waals surface area contributed by atoms with E-state index in [1.165, 1.54) is 11.3 Å². The molecule has 1 aromatic carbocycles. The molecule has 0 spiro atoms. The van der Waals surface area contributed by atoms with Crippen LogP contribution in [0.5, 0.6) is 5.75 Å². The van der Waals surface area contributed by atoms with Gasteiger partial charge in [-0.2, -0.15) is 0 Å². The highest BCUT2D eigenvalue weighted by molar-refractivity contribution is 7.18. The number of hydrogen-bond donors (Lipinski definition) is 1. The van der Waals surface area contributed by atoms with Gasteiger partial charge in [0.25, 0.3) is 0 Å². The number of carbonyl (C=O) groups is 1. The average molecular weight is 331 g/mol. The zero-order valence-corrected chi connectivity index (χ0v) is 13.4. The topological polar surface area (TPSA) is 64.1 Å². The van der Waals surface area contributed by atoms with Crippen molar-refractivity contribution in [2.45, 2.75) is 6.42 Å². The van der Waals surface area contributed by atoms with E-state index in [1.54, 1.807) is 18.4 Å². The summed E-state index contributed by atoms with van der Waals surface area (Å²) in [6.45, 7) is 0. The van der Waals surface area contributed by atoms with Crippen molar-refractivity contribution in [2.24, 2.45) is 0 Å². The first-order chi connectivity index (χ1) is 10.7. The van der Waals surface area contributed by atoms with E-state index in [4.69, 9.17) is 4.74 Å². The van der Waals surface area contributed by atoms with Gasteiger partial charge >= 0.3 is 0 Å². The lowest BCUT2D eigenvalue weighted by Gasteiger charge is -2.00. The van der Waals surface area contributed by atoms with Crippen LogP contribution in [0.25, 0.3) is 10.6 Å². The van der Waals surface area contributed by atoms with Crippen LogP contribution in [-0.2, 0) is 11.2 Å². The Balaban J connectivity index is 1.66. The van der Waals surface area contributed by atoms with Crippen LogP contribution < -0.4 is 10.1 Å². The maximum absolute atomic E-state index is 11.9. The lowest BCUT2D eigenvalue weighted by molar-refractivity contribution is -0.115. The molecule has 0 aliphatic carbocycles. The molecular formula is C15H13N3O2S2. The first kappa shape index (κ1) is 14.7. The zero-order chi connectivity index (χ0) is 15.4. The molecule has 22 heavy (non-hydrogen) atoms. The minimum absolute atomic E-state index is 0.0834. The molecule has 0 radical (unpaired) electrons. The lowest BCUT2D eigenvalue weighted by Crippen LogP contribution is -2.13. The Kier molecular flexibility index (Phi) is 4.45. The van der Waals surface area contributed by atoms with E-state index in [1.807, 2.05) is 41.8 Å². The fourth-order valence-electron chi connectivity index (χ4n) is 1.86. The first-order valence-electron chi connectivity index (χ1n) is 6.55. The molecule has 2 heterocycles. The van der Waals surface area contributed by atoms with Crippen molar-refractivity contribution in [3.63, 3.8) is 0 Å². The van der Waals surface area contributed by atoms with E-state index >= 15 is 0 Å². The van der Waals surface area contributed by atoms with E-state index in [2.05, 4.69) is 15.5 Å². The molecule has 7 heteroatoms. The van der Waals surface area contributed by atoms with Crippen LogP contribution in [0.4, 0.5) is 5.13 Å². The molecule has 5 nitrogen and oxygen atoms in total. The molecule has 0 saturated heterocycles. The first-order valence-corrected chi connectivity index (χ1v) is 8.24. The van der Waals surface area contributed by atoms with Crippen molar-refractivity contribution in [1.82, 2.24) is 10.2 Å². The molecule has 1 amide bonds. The quantitative estimate of drug-likeness (QED) is 0.778. The van der Waals surface area contributed by atoms with Crippen molar-refractivity contribution in [1.29, 1.82) is 0 Å². The molecule has 0 fully saturated rings. The van der Waals surface area contributed by atoms with Crippen LogP contribution in [0.15, 0.2) is 41.8 Å². The number of anilines is 1. The predicted octanol–water partition coefficient (Wildman–Crippen LogP) is 3.46. The van der Waals surface area contributed by atoms with E-state index < -0.39 is 0 Å². The fourth-order valence-corrected chi connectivity index (χ4v) is 3.33. The Labute approximate surface area is 135 Å². The summed E-state index contributed by atoms with van der Waals surface area (Å²) in [4.78, 5) is 13.0. The van der Waals surface area contributed by atoms with Crippen LogP contribution in [0.3, 0.4) is 0 Å². The summed E-state index contributed by atoms with van der Waals surface area (Å²) in [6.07, 6.45) is 0.356. The number of thiophene rings is 1. The van der Waals surface area contributed by atoms with Crippen LogP contribution >= 0.6 is 22.7 Å². The zero-order valence-electron chi connectivity index (χ0n) is 11.8. The van der Waals surface area contributed by atoms with Gasteiger partial charge in [0.05, 0.1) is 13.5 Å². The van der Waals surface area contributed by atoms with Gasteiger partial charge in [0.1, 0.15) is 10.8 Å². The Morgan fingerprint density at radius 3 is 2.73 bits per heavy atom. The van der Waals surface area contributed by atoms with Gasteiger partial charge in [-0.05, 0) is 35.7 Å². The molecule has 112 valence electrons. The smallest absolute Gasteiger partial charge is 0.231 e. The van der Waals surface area contributed by atoms with Gasteiger partial charge in [-0.25, -0.2) is 0 Å². The van der Waals surface area contributed by atoms with Gasteiger partial charge in [-0.15, -0.1) is 21.5 Å². The number of ether oxygens (including phenoxy) is 1. The van der Waals surface area contributed by atoms with E-state index in [0.717, 1.165) is 21.2 Å². The second-order valence-corrected chi connectivity index (χ2v) is 6.45. The van der Waals surface area contributed by atoms with Crippen molar-refractivity contribution in [3.05, 3.63) is 46.7 Å². The van der Waals surface area contributed by atoms with Gasteiger partial charge in [0, 0.05) is 10.4 Å². The summed E-state index contributed by atoms with van der Waals surface area (Å²) >= 11 is 2.91. The molecule has 3 rings (SSSR count). The monoisotopic (exact) mass is 331 g/mol. The van der Waals surface area contributed by atoms with Crippen LogP contribution in [0.1, 0.15) is 4.88 Å². The van der Waals surface area contributed by atoms with Crippen molar-refractivity contribution < 1.29 is 9.53 Å². The van der Waals surface area contributed by atoms with E-state index in [9.17, 15) is 4.79 Å². The Bertz CT molecular complexity index is 751. The van der Waals surface area contributed by atoms with E-state index in [0.29, 0.717) is 11.6 Å². The molecule has 3 aromatic rings. The number of benzene rings is 1. The molecule has 0 aliphatic heterocycles. The third-order valence-corrected chi connectivity index (χ3v) is 4.69. The van der Waals surface area contributed by atoms with Gasteiger partial charge < -0.3 is 10.1 Å². The average Bonchev–Trinajstić information content (AvgIpc) is 3.19. The van der Waals surface area contributed by atoms with Gasteiger partial charge in [-0.1, -0.05) is 17.4 Å². The molecule has 0 unspecified atom stereocenters. The second-order valence-electron chi connectivity index (χ2n) is 4.45. The standard InChI is InChI=1S/C15H13N3O2S2/c1-20-11-6-4-10(5-7-11)14-17-18-15(22-14)16-13(19)9-12-3-2-8-21-12/h2-8H,9H2,1H3,(H,16,18,19). The highest BCUT2D eigenvalue weighted by Crippen LogP contribution is 2.27. The molecule has 2 aromatic heterocycles. The minimum atomic E-state index is -0.0834. The molecule has 0 aliphatic rings. The van der Waals surface area contributed by atoms with Crippen molar-refractivity contribution in [3.8, 4) is 16.3 Å². The van der Waals surface area contributed by atoms with E-state index in [-0.39, 0.29) is 5.91 Å². The maximum Gasteiger partial charge on any atom is 0.231 e. The lowest BCUT2D eigenvalue weighted by atomic mass is 10.2. The summed E-state index contributed by atoms with van der Waals surface area (Å²) in [7, 11) is 1.63. The number of carbonyl (C=O) groups excluding carboxylic acids is 1. The number of hydrogen-bond acceptors (Lipinski definition) is 6. The Hall–Kier alpha value is -2.25. The third kappa shape index (κ3) is 3.49. The highest BCUT2D eigenvalue weighted by atomic mass is 32.1. The largest absolute Gasteiger partial charge is 0.497 e. The molecule has 0 saturated carbocycles. The highest BCUT2D eigenvalue weighted by Gasteiger charge is 2.10. The summed E-state index contributed by atoms with van der Waals surface area (Å²) in [5.74, 6) is 0.706. The Morgan fingerprint density at radius 2 is 2.05 bits per heavy atom. The molecule has 0 atom stereocenters. The number of nitrogens with zero attached hydrogens (tertiary/aromatic N) is 2. The molecule has 1 N–H and O–H groups in total. The summed E-state index contributed by atoms with van der Waals surface area (Å²) in [6, 6.07) is 11.4. The number of nitrogens with one attached hydrogen (secondary N) is 1. The number of aromatic nitrogens is 2. The van der Waals surface area contributed by atoms with Gasteiger partial charge in [0.15, 0.2) is 0 Å². The van der Waals surface area contributed by atoms with Crippen LogP contribution in [-0.4, -0.2) is 23.2 Å². The Morgan fingerprint density at radius 1 is 1.23 bits per heavy atom. The normalized spacial score (nSPS) is 10.4. The van der Waals surface area contributed by atoms with Gasteiger partial charge in [-0.3, -0.25) is 4.79 Å². The van der Waals surface area contributed by atoms with Crippen LogP contribution in [0.2, 0.25) is 0 Å².